The van der Waals surface area contributed by atoms with E-state index in [1.165, 1.54) is 0 Å². The van der Waals surface area contributed by atoms with Gasteiger partial charge in [-0.25, -0.2) is 9.97 Å². The van der Waals surface area contributed by atoms with E-state index in [0.717, 1.165) is 43.8 Å². The van der Waals surface area contributed by atoms with Gasteiger partial charge in [0.25, 0.3) is 0 Å². The Morgan fingerprint density at radius 3 is 0.860 bits per heavy atom. The number of hydrogen-bond acceptors (Lipinski definition) is 6. The maximum Gasteiger partial charge on any atom is 0.0927 e. The van der Waals surface area contributed by atoms with Crippen LogP contribution in [0.2, 0.25) is 0 Å². The summed E-state index contributed by atoms with van der Waals surface area (Å²) in [4.78, 5) is 39.3. The Morgan fingerprint density at radius 1 is 0.372 bits per heavy atom. The molecule has 0 N–H and O–H groups in total. The van der Waals surface area contributed by atoms with Gasteiger partial charge in [-0.2, -0.15) is 0 Å². The first-order valence-corrected chi connectivity index (χ1v) is 18.8. The molecule has 0 aliphatic carbocycles. The summed E-state index contributed by atoms with van der Waals surface area (Å²) in [6, 6.07) is 31.8. The van der Waals surface area contributed by atoms with Gasteiger partial charge >= 0.3 is 35.3 Å². The number of rotatable bonds is 0. The second kappa shape index (κ2) is 10.7. The average molecular weight is 779 g/mol. The molecule has 3 aromatic heterocycles. The number of nitrogens with zero attached hydrogens (tertiary/aromatic N) is 8. The van der Waals surface area contributed by atoms with Crippen LogP contribution in [0.25, 0.3) is 89.7 Å². The van der Waals surface area contributed by atoms with Crippen molar-refractivity contribution in [3.8, 4) is 45.6 Å². The smallest absolute Gasteiger partial charge is 0.0927 e. The van der Waals surface area contributed by atoms with Crippen LogP contribution in [0, 0.1) is 0 Å². The Morgan fingerprint density at radius 2 is 0.605 bits per heavy atom. The average Bonchev–Trinajstić information content (AvgIpc) is 3.77. The molecule has 0 saturated carbocycles. The van der Waals surface area contributed by atoms with Gasteiger partial charge in [-0.1, -0.05) is 97.1 Å². The molecule has 0 unspecified atom stereocenters. The zero-order chi connectivity index (χ0) is 28.9. The first-order valence-electron chi connectivity index (χ1n) is 13.1. The molecule has 11 heteroatoms. The van der Waals surface area contributed by atoms with E-state index < -0.39 is 16.5 Å². The third-order valence-electron chi connectivity index (χ3n) is 7.33. The Kier molecular flexibility index (Phi) is 6.48. The fraction of sp³-hybridized carbons (Fsp3) is 0. The molecule has 43 heavy (non-hydrogen) atoms. The van der Waals surface area contributed by atoms with Crippen molar-refractivity contribution in [2.24, 2.45) is 0 Å². The van der Waals surface area contributed by atoms with Crippen molar-refractivity contribution >= 4 is 63.0 Å². The molecule has 0 amide bonds. The molecule has 0 radical (unpaired) electrons. The SMILES string of the molecule is [Cl][Pt+2][Cl].c1ccc2c(c1)-c1nc-2nc2[n-]c(nc3nc(nc4[n-]c(n1)c1ccccc41)-c1ccccc1-3)c1ccccc21. The zero-order valence-electron chi connectivity index (χ0n) is 21.9. The van der Waals surface area contributed by atoms with E-state index >= 15 is 0 Å². The van der Waals surface area contributed by atoms with E-state index in [1.54, 1.807) is 0 Å². The van der Waals surface area contributed by atoms with Gasteiger partial charge in [0.15, 0.2) is 0 Å². The van der Waals surface area contributed by atoms with Crippen molar-refractivity contribution in [2.75, 3.05) is 0 Å². The molecular formula is C32H16Cl2N8Pt. The number of hydrogen-bond donors (Lipinski definition) is 0. The third kappa shape index (κ3) is 4.41. The van der Waals surface area contributed by atoms with Crippen LogP contribution in [-0.4, -0.2) is 29.9 Å². The van der Waals surface area contributed by atoms with Gasteiger partial charge in [-0.05, 0) is 21.5 Å². The summed E-state index contributed by atoms with van der Waals surface area (Å²) in [6.07, 6.45) is 0. The van der Waals surface area contributed by atoms with Gasteiger partial charge in [0.05, 0.1) is 23.3 Å². The quantitative estimate of drug-likeness (QED) is 0.156. The minimum absolute atomic E-state index is 0.472. The fourth-order valence-corrected chi connectivity index (χ4v) is 5.46. The minimum atomic E-state index is -0.472. The third-order valence-corrected chi connectivity index (χ3v) is 7.33. The number of aromatic nitrogens is 8. The summed E-state index contributed by atoms with van der Waals surface area (Å²) in [6.45, 7) is 0. The standard InChI is InChI=1S/C32H16N8.2ClH.Pt/c1-2-10-18-17(9-1)25-33-26(18)38-28-21-13-5-6-14-22(21)30(35-28)40-32-24-16-8-7-15-23(24)31(36-32)39-29-20-12-4-3-11-19(20)27(34-29)37-25;;;/h1-16H;2*1H;/q-2;;;+4/p-2. The van der Waals surface area contributed by atoms with Crippen LogP contribution in [-0.2, 0) is 16.5 Å². The summed E-state index contributed by atoms with van der Waals surface area (Å²) in [5, 5.41) is 3.57. The Hall–Kier alpha value is -4.49. The van der Waals surface area contributed by atoms with Crippen LogP contribution in [0.4, 0.5) is 0 Å². The van der Waals surface area contributed by atoms with Crippen molar-refractivity contribution in [3.63, 3.8) is 0 Å². The maximum atomic E-state index is 4.95. The van der Waals surface area contributed by atoms with E-state index in [-0.39, 0.29) is 0 Å². The molecule has 9 rings (SSSR count). The first-order chi connectivity index (χ1) is 21.2. The van der Waals surface area contributed by atoms with E-state index in [2.05, 4.69) is 0 Å². The van der Waals surface area contributed by atoms with Crippen LogP contribution in [0.5, 0.6) is 0 Å². The predicted octanol–water partition coefficient (Wildman–Crippen LogP) is 7.50. The molecule has 5 heterocycles. The maximum absolute atomic E-state index is 4.95. The van der Waals surface area contributed by atoms with Crippen molar-refractivity contribution in [3.05, 3.63) is 97.1 Å². The van der Waals surface area contributed by atoms with Gasteiger partial charge in [-0.3, -0.25) is 0 Å². The van der Waals surface area contributed by atoms with E-state index in [1.807, 2.05) is 97.1 Å². The van der Waals surface area contributed by atoms with Crippen LogP contribution in [0.1, 0.15) is 0 Å². The van der Waals surface area contributed by atoms with Crippen molar-refractivity contribution in [1.82, 2.24) is 39.9 Å². The monoisotopic (exact) mass is 777 g/mol. The Bertz CT molecular complexity index is 2060. The molecule has 8 nitrogen and oxygen atoms in total. The summed E-state index contributed by atoms with van der Waals surface area (Å²) in [7, 11) is 9.75. The Balaban J connectivity index is 0.000000892. The number of benzene rings is 4. The summed E-state index contributed by atoms with van der Waals surface area (Å²) >= 11 is -0.472. The van der Waals surface area contributed by atoms with Crippen molar-refractivity contribution < 1.29 is 16.5 Å². The largest absolute Gasteiger partial charge is 0.357 e. The molecule has 0 spiro atoms. The topological polar surface area (TPSA) is 106 Å². The van der Waals surface area contributed by atoms with Crippen LogP contribution in [0.3, 0.4) is 0 Å². The molecule has 2 aliphatic rings. The first kappa shape index (κ1) is 26.2. The van der Waals surface area contributed by atoms with Gasteiger partial charge in [0.1, 0.15) is 0 Å². The van der Waals surface area contributed by atoms with Gasteiger partial charge in [-0.15, -0.1) is 0 Å². The molecule has 7 aromatic rings. The fourth-order valence-electron chi connectivity index (χ4n) is 5.46. The Labute approximate surface area is 260 Å². The molecule has 0 saturated heterocycles. The predicted molar refractivity (Wildman–Crippen MR) is 166 cm³/mol. The van der Waals surface area contributed by atoms with E-state index in [9.17, 15) is 0 Å². The second-order valence-corrected chi connectivity index (χ2v) is 13.0. The molecule has 4 aromatic carbocycles. The van der Waals surface area contributed by atoms with Crippen LogP contribution in [0.15, 0.2) is 97.1 Å². The normalized spacial score (nSPS) is 11.7. The minimum Gasteiger partial charge on any atom is -0.357 e. The molecule has 208 valence electrons. The number of fused-ring (bicyclic) bond motifs is 20. The summed E-state index contributed by atoms with van der Waals surface area (Å²) in [5.41, 5.74) is 5.78. The van der Waals surface area contributed by atoms with Gasteiger partial charge in [0, 0.05) is 44.8 Å². The van der Waals surface area contributed by atoms with Crippen LogP contribution < -0.4 is 9.97 Å². The molecular weight excluding hydrogens is 762 g/mol. The van der Waals surface area contributed by atoms with Gasteiger partial charge in [0.2, 0.25) is 0 Å². The second-order valence-electron chi connectivity index (χ2n) is 9.71. The van der Waals surface area contributed by atoms with Crippen molar-refractivity contribution in [1.29, 1.82) is 0 Å². The van der Waals surface area contributed by atoms with E-state index in [0.29, 0.717) is 45.9 Å². The summed E-state index contributed by atoms with van der Waals surface area (Å²) < 4.78 is 0. The molecule has 2 aliphatic heterocycles. The zero-order valence-corrected chi connectivity index (χ0v) is 25.7. The molecule has 8 bridgehead atoms. The van der Waals surface area contributed by atoms with Gasteiger partial charge < -0.3 is 29.9 Å². The molecule has 0 fully saturated rings. The van der Waals surface area contributed by atoms with Crippen LogP contribution >= 0.6 is 18.8 Å². The van der Waals surface area contributed by atoms with E-state index in [4.69, 9.17) is 58.7 Å². The number of halogens is 2. The van der Waals surface area contributed by atoms with Crippen molar-refractivity contribution in [2.45, 2.75) is 0 Å². The summed E-state index contributed by atoms with van der Waals surface area (Å²) in [5.74, 6) is 2.21. The molecule has 0 atom stereocenters.